The number of unbranched alkanes of at least 4 members (excludes halogenated alkanes) is 1. The number of hydrogen-bond donors (Lipinski definition) is 0. The van der Waals surface area contributed by atoms with Gasteiger partial charge in [0.05, 0.1) is 26.8 Å². The van der Waals surface area contributed by atoms with E-state index in [0.717, 1.165) is 27.9 Å². The van der Waals surface area contributed by atoms with Gasteiger partial charge in [0, 0.05) is 17.1 Å². The third-order valence-corrected chi connectivity index (χ3v) is 9.74. The normalized spacial score (nSPS) is 12.1. The Morgan fingerprint density at radius 2 is 1.46 bits per heavy atom. The molecule has 0 amide bonds. The van der Waals surface area contributed by atoms with Gasteiger partial charge in [0.25, 0.3) is 10.0 Å². The summed E-state index contributed by atoms with van der Waals surface area (Å²) in [4.78, 5) is 0.0781. The number of fused-ring (bicyclic) bond motifs is 1. The molecule has 4 rings (SSSR count). The van der Waals surface area contributed by atoms with Gasteiger partial charge in [-0.1, -0.05) is 54.8 Å². The van der Waals surface area contributed by atoms with E-state index in [9.17, 15) is 16.8 Å². The molecule has 1 aromatic heterocycles. The monoisotopic (exact) mass is 537 g/mol. The van der Waals surface area contributed by atoms with Gasteiger partial charge in [0.1, 0.15) is 5.75 Å². The Balaban J connectivity index is 2.06. The molecule has 0 aliphatic heterocycles. The molecule has 0 spiro atoms. The largest absolute Gasteiger partial charge is 0.493 e. The first kappa shape index (κ1) is 26.7. The van der Waals surface area contributed by atoms with Crippen LogP contribution in [0.4, 0.5) is 0 Å². The highest BCUT2D eigenvalue weighted by atomic mass is 32.2. The number of allylic oxidation sites excluding steroid dienone is 1. The van der Waals surface area contributed by atoms with Crippen LogP contribution in [0.5, 0.6) is 5.75 Å². The second-order valence-electron chi connectivity index (χ2n) is 9.05. The van der Waals surface area contributed by atoms with Crippen molar-refractivity contribution in [2.75, 3.05) is 6.61 Å². The number of rotatable bonds is 10. The minimum absolute atomic E-state index is 0.0721. The van der Waals surface area contributed by atoms with Crippen LogP contribution in [0.25, 0.3) is 10.9 Å². The van der Waals surface area contributed by atoms with Gasteiger partial charge >= 0.3 is 0 Å². The van der Waals surface area contributed by atoms with E-state index in [1.807, 2.05) is 13.8 Å². The van der Waals surface area contributed by atoms with Crippen LogP contribution in [0, 0.1) is 13.8 Å². The second kappa shape index (κ2) is 10.6. The quantitative estimate of drug-likeness (QED) is 0.177. The SMILES string of the molecule is C=CCc1c(OCCCC)ccc2c1c(S(=O)(=O)c1ccc(C)cc1)cn2S(=O)(=O)c1ccc(C)cc1. The first-order chi connectivity index (χ1) is 17.6. The maximum absolute atomic E-state index is 13.9. The van der Waals surface area contributed by atoms with Crippen molar-refractivity contribution in [3.8, 4) is 5.75 Å². The Kier molecular flexibility index (Phi) is 7.62. The Labute approximate surface area is 219 Å². The average molecular weight is 538 g/mol. The van der Waals surface area contributed by atoms with Crippen LogP contribution in [0.2, 0.25) is 0 Å². The Bertz CT molecular complexity index is 1650. The second-order valence-corrected chi connectivity index (χ2v) is 12.8. The molecule has 0 saturated carbocycles. The van der Waals surface area contributed by atoms with Crippen LogP contribution < -0.4 is 4.74 Å². The van der Waals surface area contributed by atoms with Gasteiger partial charge in [-0.05, 0) is 63.1 Å². The smallest absolute Gasteiger partial charge is 0.268 e. The molecule has 8 heteroatoms. The lowest BCUT2D eigenvalue weighted by Crippen LogP contribution is -2.12. The van der Waals surface area contributed by atoms with Gasteiger partial charge in [-0.3, -0.25) is 0 Å². The van der Waals surface area contributed by atoms with E-state index in [1.54, 1.807) is 42.5 Å². The van der Waals surface area contributed by atoms with Gasteiger partial charge in [0.2, 0.25) is 9.84 Å². The lowest BCUT2D eigenvalue weighted by atomic mass is 10.1. The minimum Gasteiger partial charge on any atom is -0.493 e. The molecule has 0 aliphatic rings. The third kappa shape index (κ3) is 5.08. The molecule has 0 saturated heterocycles. The number of aromatic nitrogens is 1. The van der Waals surface area contributed by atoms with Crippen molar-refractivity contribution in [2.45, 2.75) is 54.7 Å². The van der Waals surface area contributed by atoms with E-state index in [0.29, 0.717) is 29.7 Å². The Hall–Kier alpha value is -3.36. The zero-order chi connectivity index (χ0) is 26.8. The van der Waals surface area contributed by atoms with Crippen LogP contribution in [-0.2, 0) is 26.3 Å². The van der Waals surface area contributed by atoms with Crippen molar-refractivity contribution in [3.05, 3.63) is 96.2 Å². The van der Waals surface area contributed by atoms with Crippen molar-refractivity contribution in [3.63, 3.8) is 0 Å². The molecule has 0 fully saturated rings. The highest BCUT2D eigenvalue weighted by molar-refractivity contribution is 7.92. The van der Waals surface area contributed by atoms with E-state index in [-0.39, 0.29) is 20.2 Å². The van der Waals surface area contributed by atoms with E-state index < -0.39 is 19.9 Å². The molecule has 0 N–H and O–H groups in total. The van der Waals surface area contributed by atoms with Crippen molar-refractivity contribution in [1.29, 1.82) is 0 Å². The summed E-state index contributed by atoms with van der Waals surface area (Å²) in [5.74, 6) is 0.520. The number of benzene rings is 3. The first-order valence-corrected chi connectivity index (χ1v) is 15.1. The summed E-state index contributed by atoms with van der Waals surface area (Å²) in [5, 5.41) is 0.324. The Morgan fingerprint density at radius 1 is 0.865 bits per heavy atom. The van der Waals surface area contributed by atoms with Crippen molar-refractivity contribution in [2.24, 2.45) is 0 Å². The summed E-state index contributed by atoms with van der Waals surface area (Å²) in [6, 6.07) is 16.3. The summed E-state index contributed by atoms with van der Waals surface area (Å²) in [7, 11) is -8.16. The predicted molar refractivity (Wildman–Crippen MR) is 147 cm³/mol. The van der Waals surface area contributed by atoms with Crippen LogP contribution >= 0.6 is 0 Å². The van der Waals surface area contributed by atoms with Gasteiger partial charge < -0.3 is 4.74 Å². The molecule has 4 aromatic rings. The van der Waals surface area contributed by atoms with Gasteiger partial charge in [0.15, 0.2) is 0 Å². The number of hydrogen-bond acceptors (Lipinski definition) is 5. The number of sulfone groups is 1. The fourth-order valence-corrected chi connectivity index (χ4v) is 7.11. The molecule has 0 unspecified atom stereocenters. The standard InChI is InChI=1S/C29H31NO5S2/c1-5-7-19-35-27-18-17-26-29(25(27)8-6-2)28(36(31,32)23-13-9-21(3)10-14-23)20-30(26)37(33,34)24-15-11-22(4)12-16-24/h6,9-18,20H,2,5,7-8,19H2,1,3-4H3. The zero-order valence-corrected chi connectivity index (χ0v) is 22.9. The van der Waals surface area contributed by atoms with E-state index in [2.05, 4.69) is 13.5 Å². The van der Waals surface area contributed by atoms with E-state index >= 15 is 0 Å². The maximum Gasteiger partial charge on any atom is 0.268 e. The number of aryl methyl sites for hydroxylation is 2. The summed E-state index contributed by atoms with van der Waals surface area (Å²) in [6.45, 7) is 10.1. The summed E-state index contributed by atoms with van der Waals surface area (Å²) >= 11 is 0. The molecule has 6 nitrogen and oxygen atoms in total. The average Bonchev–Trinajstić information content (AvgIpc) is 3.28. The highest BCUT2D eigenvalue weighted by Gasteiger charge is 2.30. The molecule has 3 aromatic carbocycles. The van der Waals surface area contributed by atoms with Crippen molar-refractivity contribution < 1.29 is 21.6 Å². The first-order valence-electron chi connectivity index (χ1n) is 12.2. The van der Waals surface area contributed by atoms with Gasteiger partial charge in [-0.25, -0.2) is 20.8 Å². The van der Waals surface area contributed by atoms with Crippen LogP contribution in [0.1, 0.15) is 36.5 Å². The molecule has 0 aliphatic carbocycles. The van der Waals surface area contributed by atoms with Crippen molar-refractivity contribution in [1.82, 2.24) is 3.97 Å². The third-order valence-electron chi connectivity index (χ3n) is 6.27. The molecular formula is C29H31NO5S2. The summed E-state index contributed by atoms with van der Waals surface area (Å²) in [5.41, 5.74) is 2.70. The molecular weight excluding hydrogens is 506 g/mol. The summed E-state index contributed by atoms with van der Waals surface area (Å²) in [6.07, 6.45) is 4.97. The van der Waals surface area contributed by atoms with Crippen LogP contribution in [0.15, 0.2) is 94.2 Å². The molecule has 1 heterocycles. The topological polar surface area (TPSA) is 82.4 Å². The minimum atomic E-state index is -4.09. The maximum atomic E-state index is 13.9. The summed E-state index contributed by atoms with van der Waals surface area (Å²) < 4.78 is 62.5. The van der Waals surface area contributed by atoms with Crippen LogP contribution in [0.3, 0.4) is 0 Å². The number of nitrogens with zero attached hydrogens (tertiary/aromatic N) is 1. The number of ether oxygens (including phenoxy) is 1. The van der Waals surface area contributed by atoms with Crippen LogP contribution in [-0.4, -0.2) is 27.4 Å². The molecule has 0 atom stereocenters. The fraction of sp³-hybridized carbons (Fsp3) is 0.241. The lowest BCUT2D eigenvalue weighted by Gasteiger charge is -2.14. The van der Waals surface area contributed by atoms with Gasteiger partial charge in [-0.2, -0.15) is 0 Å². The van der Waals surface area contributed by atoms with E-state index in [1.165, 1.54) is 30.5 Å². The molecule has 194 valence electrons. The molecule has 0 bridgehead atoms. The highest BCUT2D eigenvalue weighted by Crippen LogP contribution is 2.39. The predicted octanol–water partition coefficient (Wildman–Crippen LogP) is 6.24. The van der Waals surface area contributed by atoms with E-state index in [4.69, 9.17) is 4.74 Å². The van der Waals surface area contributed by atoms with Gasteiger partial charge in [-0.15, -0.1) is 6.58 Å². The molecule has 0 radical (unpaired) electrons. The Morgan fingerprint density at radius 3 is 2.03 bits per heavy atom. The van der Waals surface area contributed by atoms with Crippen molar-refractivity contribution >= 4 is 30.8 Å². The lowest BCUT2D eigenvalue weighted by molar-refractivity contribution is 0.307. The zero-order valence-electron chi connectivity index (χ0n) is 21.3. The molecule has 37 heavy (non-hydrogen) atoms. The fourth-order valence-electron chi connectivity index (χ4n) is 4.20.